The summed E-state index contributed by atoms with van der Waals surface area (Å²) in [5.74, 6) is 1.31. The second kappa shape index (κ2) is 8.37. The van der Waals surface area contributed by atoms with Gasteiger partial charge in [0.2, 0.25) is 0 Å². The Kier molecular flexibility index (Phi) is 5.94. The maximum absolute atomic E-state index is 12.2. The van der Waals surface area contributed by atoms with E-state index in [1.54, 1.807) is 19.4 Å². The first-order valence-corrected chi connectivity index (χ1v) is 8.90. The highest BCUT2D eigenvalue weighted by Gasteiger charge is 2.24. The number of hydrogen-bond donors (Lipinski definition) is 0. The van der Waals surface area contributed by atoms with Gasteiger partial charge in [-0.2, -0.15) is 0 Å². The van der Waals surface area contributed by atoms with Crippen LogP contribution in [0, 0.1) is 0 Å². The summed E-state index contributed by atoms with van der Waals surface area (Å²) in [5, 5.41) is 12.0. The number of hydrogen-bond acceptors (Lipinski definition) is 8. The van der Waals surface area contributed by atoms with Crippen molar-refractivity contribution in [3.05, 3.63) is 28.6 Å². The van der Waals surface area contributed by atoms with Crippen LogP contribution in [0.3, 0.4) is 0 Å². The van der Waals surface area contributed by atoms with Gasteiger partial charge >= 0.3 is 0 Å². The van der Waals surface area contributed by atoms with Crippen molar-refractivity contribution >= 4 is 5.82 Å². The first-order valence-electron chi connectivity index (χ1n) is 8.90. The fourth-order valence-corrected chi connectivity index (χ4v) is 3.09. The van der Waals surface area contributed by atoms with Crippen LogP contribution in [0.25, 0.3) is 0 Å². The number of tetrazole rings is 1. The lowest BCUT2D eigenvalue weighted by molar-refractivity contribution is -0.0276. The molecular weight excluding hydrogens is 336 g/mol. The maximum Gasteiger partial charge on any atom is 0.293 e. The molecule has 0 saturated carbocycles. The molecule has 1 saturated heterocycles. The number of morpholine rings is 1. The lowest BCUT2D eigenvalue weighted by atomic mass is 10.2. The zero-order chi connectivity index (χ0) is 18.5. The van der Waals surface area contributed by atoms with Gasteiger partial charge in [-0.15, -0.1) is 5.10 Å². The third-order valence-corrected chi connectivity index (χ3v) is 4.47. The zero-order valence-corrected chi connectivity index (χ0v) is 15.6. The van der Waals surface area contributed by atoms with Crippen LogP contribution in [0.15, 0.2) is 17.2 Å². The number of ether oxygens (including phenoxy) is 1. The zero-order valence-electron chi connectivity index (χ0n) is 15.6. The summed E-state index contributed by atoms with van der Waals surface area (Å²) in [7, 11) is 3.59. The van der Waals surface area contributed by atoms with Gasteiger partial charge in [0.25, 0.3) is 5.56 Å². The molecule has 10 nitrogen and oxygen atoms in total. The molecule has 3 rings (SSSR count). The minimum Gasteiger partial charge on any atom is -0.374 e. The fraction of sp³-hybridized carbons (Fsp3) is 0.688. The van der Waals surface area contributed by atoms with Crippen LogP contribution in [0.4, 0.5) is 5.82 Å². The first-order chi connectivity index (χ1) is 12.6. The highest BCUT2D eigenvalue weighted by molar-refractivity contribution is 5.34. The average Bonchev–Trinajstić information content (AvgIpc) is 3.05. The van der Waals surface area contributed by atoms with Gasteiger partial charge < -0.3 is 14.2 Å². The fourth-order valence-electron chi connectivity index (χ4n) is 3.09. The second-order valence-corrected chi connectivity index (χ2v) is 6.59. The van der Waals surface area contributed by atoms with Crippen LogP contribution in [0.5, 0.6) is 0 Å². The Morgan fingerprint density at radius 2 is 2.27 bits per heavy atom. The topological polar surface area (TPSA) is 94.2 Å². The van der Waals surface area contributed by atoms with Crippen molar-refractivity contribution in [1.82, 2.24) is 34.7 Å². The van der Waals surface area contributed by atoms with Gasteiger partial charge in [-0.1, -0.05) is 6.92 Å². The largest absolute Gasteiger partial charge is 0.374 e. The van der Waals surface area contributed by atoms with E-state index in [-0.39, 0.29) is 11.7 Å². The van der Waals surface area contributed by atoms with Crippen molar-refractivity contribution in [1.29, 1.82) is 0 Å². The molecule has 0 N–H and O–H groups in total. The Morgan fingerprint density at radius 1 is 1.42 bits per heavy atom. The maximum atomic E-state index is 12.2. The predicted molar refractivity (Wildman–Crippen MR) is 95.9 cm³/mol. The molecule has 0 unspecified atom stereocenters. The lowest BCUT2D eigenvalue weighted by Crippen LogP contribution is -2.47. The van der Waals surface area contributed by atoms with Gasteiger partial charge in [0.1, 0.15) is 0 Å². The van der Waals surface area contributed by atoms with Crippen LogP contribution in [0.1, 0.15) is 19.2 Å². The van der Waals surface area contributed by atoms with Crippen LogP contribution >= 0.6 is 0 Å². The lowest BCUT2D eigenvalue weighted by Gasteiger charge is -2.34. The van der Waals surface area contributed by atoms with Crippen molar-refractivity contribution in [3.63, 3.8) is 0 Å². The Labute approximate surface area is 152 Å². The van der Waals surface area contributed by atoms with E-state index in [0.717, 1.165) is 31.9 Å². The van der Waals surface area contributed by atoms with Crippen molar-refractivity contribution in [2.45, 2.75) is 32.5 Å². The van der Waals surface area contributed by atoms with Crippen molar-refractivity contribution in [3.8, 4) is 0 Å². The summed E-state index contributed by atoms with van der Waals surface area (Å²) in [4.78, 5) is 20.6. The summed E-state index contributed by atoms with van der Waals surface area (Å²) in [6, 6.07) is 0. The molecule has 0 aromatic carbocycles. The van der Waals surface area contributed by atoms with Crippen LogP contribution in [-0.4, -0.2) is 74.1 Å². The van der Waals surface area contributed by atoms with E-state index in [0.29, 0.717) is 25.5 Å². The highest BCUT2D eigenvalue weighted by Crippen LogP contribution is 2.11. The molecule has 142 valence electrons. The highest BCUT2D eigenvalue weighted by atomic mass is 16.5. The number of rotatable bonds is 7. The standard InChI is InChI=1S/C16H26N8O2/c1-4-6-24-14(18-19-20-24)12-23-8-9-26-13(11-23)10-22(3)15-16(25)21(2)7-5-17-15/h5,7,13H,4,6,8-12H2,1-3H3/t13-/m0/s1. The SMILES string of the molecule is CCCn1nnnc1CN1CCO[C@@H](CN(C)c2nccn(C)c2=O)C1. The molecule has 0 radical (unpaired) electrons. The summed E-state index contributed by atoms with van der Waals surface area (Å²) in [5.41, 5.74) is -0.110. The van der Waals surface area contributed by atoms with Gasteiger partial charge in [-0.05, 0) is 16.8 Å². The van der Waals surface area contributed by atoms with Crippen LogP contribution in [0.2, 0.25) is 0 Å². The molecule has 10 heteroatoms. The molecule has 2 aromatic rings. The number of aryl methyl sites for hydroxylation is 2. The molecule has 3 heterocycles. The first kappa shape index (κ1) is 18.5. The third kappa shape index (κ3) is 4.25. The monoisotopic (exact) mass is 362 g/mol. The normalized spacial score (nSPS) is 18.2. The number of likely N-dealkylation sites (N-methyl/N-ethyl adjacent to an activating group) is 1. The van der Waals surface area contributed by atoms with Gasteiger partial charge in [-0.25, -0.2) is 9.67 Å². The average molecular weight is 362 g/mol. The predicted octanol–water partition coefficient (Wildman–Crippen LogP) is -0.486. The van der Waals surface area contributed by atoms with Gasteiger partial charge in [0, 0.05) is 52.7 Å². The molecule has 0 spiro atoms. The third-order valence-electron chi connectivity index (χ3n) is 4.47. The molecule has 1 aliphatic rings. The summed E-state index contributed by atoms with van der Waals surface area (Å²) >= 11 is 0. The van der Waals surface area contributed by atoms with Crippen molar-refractivity contribution in [2.75, 3.05) is 38.2 Å². The smallest absolute Gasteiger partial charge is 0.293 e. The molecule has 1 atom stereocenters. The molecule has 0 amide bonds. The Bertz CT molecular complexity index is 774. The van der Waals surface area contributed by atoms with Gasteiger partial charge in [0.15, 0.2) is 11.6 Å². The van der Waals surface area contributed by atoms with E-state index >= 15 is 0 Å². The van der Waals surface area contributed by atoms with E-state index < -0.39 is 0 Å². The molecule has 2 aromatic heterocycles. The summed E-state index contributed by atoms with van der Waals surface area (Å²) in [6.45, 7) is 6.47. The quantitative estimate of drug-likeness (QED) is 0.652. The van der Waals surface area contributed by atoms with Crippen LogP contribution in [-0.2, 0) is 24.9 Å². The van der Waals surface area contributed by atoms with E-state index in [1.165, 1.54) is 4.57 Å². The minimum atomic E-state index is -0.110. The number of nitrogens with zero attached hydrogens (tertiary/aromatic N) is 8. The molecule has 0 bridgehead atoms. The van der Waals surface area contributed by atoms with Crippen LogP contribution < -0.4 is 10.5 Å². The molecule has 0 aliphatic carbocycles. The van der Waals surface area contributed by atoms with E-state index in [4.69, 9.17) is 4.74 Å². The van der Waals surface area contributed by atoms with E-state index in [1.807, 2.05) is 16.6 Å². The second-order valence-electron chi connectivity index (χ2n) is 6.59. The van der Waals surface area contributed by atoms with Gasteiger partial charge in [-0.3, -0.25) is 9.69 Å². The molecule has 26 heavy (non-hydrogen) atoms. The number of anilines is 1. The summed E-state index contributed by atoms with van der Waals surface area (Å²) < 4.78 is 9.27. The molecule has 1 fully saturated rings. The molecule has 1 aliphatic heterocycles. The molecular formula is C16H26N8O2. The number of aromatic nitrogens is 6. The van der Waals surface area contributed by atoms with E-state index in [2.05, 4.69) is 32.3 Å². The Hall–Kier alpha value is -2.33. The van der Waals surface area contributed by atoms with Crippen molar-refractivity contribution < 1.29 is 4.74 Å². The Balaban J connectivity index is 1.60. The van der Waals surface area contributed by atoms with Gasteiger partial charge in [0.05, 0.1) is 19.3 Å². The minimum absolute atomic E-state index is 0.00373. The van der Waals surface area contributed by atoms with E-state index in [9.17, 15) is 4.79 Å². The summed E-state index contributed by atoms with van der Waals surface area (Å²) in [6.07, 6.45) is 4.28. The van der Waals surface area contributed by atoms with Crippen molar-refractivity contribution in [2.24, 2.45) is 7.05 Å². The Morgan fingerprint density at radius 3 is 3.08 bits per heavy atom.